The Kier molecular flexibility index (Phi) is 4.81. The maximum Gasteiger partial charge on any atom is 0.0963 e. The van der Waals surface area contributed by atoms with Crippen molar-refractivity contribution in [2.75, 3.05) is 6.61 Å². The second-order valence-electron chi connectivity index (χ2n) is 6.35. The Morgan fingerprint density at radius 2 is 2.15 bits per heavy atom. The lowest BCUT2D eigenvalue weighted by molar-refractivity contribution is 0.0361. The molecule has 0 amide bonds. The molecule has 110 valence electrons. The van der Waals surface area contributed by atoms with Crippen LogP contribution in [0, 0.1) is 10.8 Å². The summed E-state index contributed by atoms with van der Waals surface area (Å²) in [6.07, 6.45) is 5.60. The standard InChI is InChI=1S/C17H26N2O/c1-17(2,16(18)19)11-6-12-20-15-10-5-8-13-7-3-4-9-14(13)15/h3-4,7,9,15H,5-6,8,10-12H2,1-2H3,(H3,18,19). The molecular formula is C17H26N2O. The smallest absolute Gasteiger partial charge is 0.0963 e. The molecule has 0 spiro atoms. The first-order valence-electron chi connectivity index (χ1n) is 7.54. The average Bonchev–Trinajstić information content (AvgIpc) is 2.43. The van der Waals surface area contributed by atoms with Crippen molar-refractivity contribution in [3.05, 3.63) is 35.4 Å². The highest BCUT2D eigenvalue weighted by atomic mass is 16.5. The van der Waals surface area contributed by atoms with Crippen molar-refractivity contribution in [3.63, 3.8) is 0 Å². The first-order valence-corrected chi connectivity index (χ1v) is 7.54. The fraction of sp³-hybridized carbons (Fsp3) is 0.588. The number of amidine groups is 1. The van der Waals surface area contributed by atoms with E-state index in [-0.39, 0.29) is 17.4 Å². The molecule has 0 bridgehead atoms. The monoisotopic (exact) mass is 274 g/mol. The summed E-state index contributed by atoms with van der Waals surface area (Å²) >= 11 is 0. The van der Waals surface area contributed by atoms with Crippen LogP contribution in [0.2, 0.25) is 0 Å². The molecule has 0 aliphatic heterocycles. The van der Waals surface area contributed by atoms with Gasteiger partial charge in [0.15, 0.2) is 0 Å². The van der Waals surface area contributed by atoms with Crippen LogP contribution >= 0.6 is 0 Å². The highest BCUT2D eigenvalue weighted by Crippen LogP contribution is 2.32. The second-order valence-corrected chi connectivity index (χ2v) is 6.35. The molecule has 1 aromatic rings. The normalized spacial score (nSPS) is 18.6. The Labute approximate surface area is 122 Å². The predicted molar refractivity (Wildman–Crippen MR) is 83.0 cm³/mol. The van der Waals surface area contributed by atoms with E-state index < -0.39 is 0 Å². The van der Waals surface area contributed by atoms with Gasteiger partial charge in [0, 0.05) is 12.0 Å². The zero-order valence-corrected chi connectivity index (χ0v) is 12.6. The number of ether oxygens (including phenoxy) is 1. The van der Waals surface area contributed by atoms with E-state index in [1.165, 1.54) is 24.0 Å². The van der Waals surface area contributed by atoms with Gasteiger partial charge in [0.2, 0.25) is 0 Å². The van der Waals surface area contributed by atoms with Gasteiger partial charge in [-0.15, -0.1) is 0 Å². The molecule has 0 aromatic heterocycles. The Balaban J connectivity index is 1.83. The number of nitrogens with one attached hydrogen (secondary N) is 1. The predicted octanol–water partition coefficient (Wildman–Crippen LogP) is 3.82. The minimum atomic E-state index is -0.214. The van der Waals surface area contributed by atoms with Crippen molar-refractivity contribution in [1.82, 2.24) is 0 Å². The third kappa shape index (κ3) is 3.60. The van der Waals surface area contributed by atoms with Gasteiger partial charge < -0.3 is 10.5 Å². The lowest BCUT2D eigenvalue weighted by Crippen LogP contribution is -2.31. The maximum atomic E-state index is 7.56. The molecule has 0 saturated heterocycles. The molecular weight excluding hydrogens is 248 g/mol. The third-order valence-corrected chi connectivity index (χ3v) is 4.31. The van der Waals surface area contributed by atoms with Gasteiger partial charge in [0.25, 0.3) is 0 Å². The Morgan fingerprint density at radius 3 is 2.90 bits per heavy atom. The minimum Gasteiger partial charge on any atom is -0.387 e. The molecule has 1 aliphatic carbocycles. The van der Waals surface area contributed by atoms with Crippen LogP contribution in [-0.4, -0.2) is 12.4 Å². The largest absolute Gasteiger partial charge is 0.387 e. The lowest BCUT2D eigenvalue weighted by Gasteiger charge is -2.27. The Morgan fingerprint density at radius 1 is 1.40 bits per heavy atom. The third-order valence-electron chi connectivity index (χ3n) is 4.31. The molecule has 0 fully saturated rings. The van der Waals surface area contributed by atoms with Crippen molar-refractivity contribution in [1.29, 1.82) is 5.41 Å². The van der Waals surface area contributed by atoms with Crippen molar-refractivity contribution in [3.8, 4) is 0 Å². The van der Waals surface area contributed by atoms with Crippen molar-refractivity contribution in [2.45, 2.75) is 52.1 Å². The summed E-state index contributed by atoms with van der Waals surface area (Å²) in [7, 11) is 0. The van der Waals surface area contributed by atoms with Gasteiger partial charge in [0.05, 0.1) is 11.9 Å². The number of benzene rings is 1. The molecule has 0 saturated carbocycles. The van der Waals surface area contributed by atoms with Crippen LogP contribution in [0.4, 0.5) is 0 Å². The average molecular weight is 274 g/mol. The number of nitrogens with two attached hydrogens (primary N) is 1. The fourth-order valence-corrected chi connectivity index (χ4v) is 2.76. The van der Waals surface area contributed by atoms with Crippen molar-refractivity contribution in [2.24, 2.45) is 11.1 Å². The molecule has 1 atom stereocenters. The van der Waals surface area contributed by atoms with Crippen LogP contribution in [-0.2, 0) is 11.2 Å². The first-order chi connectivity index (χ1) is 9.50. The number of rotatable bonds is 6. The molecule has 3 nitrogen and oxygen atoms in total. The van der Waals surface area contributed by atoms with E-state index in [0.29, 0.717) is 0 Å². The van der Waals surface area contributed by atoms with E-state index in [1.54, 1.807) is 0 Å². The maximum absolute atomic E-state index is 7.56. The zero-order chi connectivity index (χ0) is 14.6. The van der Waals surface area contributed by atoms with E-state index in [9.17, 15) is 0 Å². The van der Waals surface area contributed by atoms with E-state index in [1.807, 2.05) is 13.8 Å². The van der Waals surface area contributed by atoms with E-state index in [2.05, 4.69) is 24.3 Å². The minimum absolute atomic E-state index is 0.214. The topological polar surface area (TPSA) is 59.1 Å². The van der Waals surface area contributed by atoms with Gasteiger partial charge in [-0.25, -0.2) is 0 Å². The highest BCUT2D eigenvalue weighted by Gasteiger charge is 2.22. The van der Waals surface area contributed by atoms with Crippen LogP contribution in [0.25, 0.3) is 0 Å². The molecule has 0 heterocycles. The van der Waals surface area contributed by atoms with E-state index >= 15 is 0 Å². The van der Waals surface area contributed by atoms with Gasteiger partial charge in [-0.1, -0.05) is 38.1 Å². The molecule has 0 radical (unpaired) electrons. The van der Waals surface area contributed by atoms with Crippen LogP contribution in [0.1, 0.15) is 56.8 Å². The summed E-state index contributed by atoms with van der Waals surface area (Å²) in [5.74, 6) is 0.264. The van der Waals surface area contributed by atoms with Gasteiger partial charge in [-0.05, 0) is 43.2 Å². The fourth-order valence-electron chi connectivity index (χ4n) is 2.76. The molecule has 1 aliphatic rings. The summed E-state index contributed by atoms with van der Waals surface area (Å²) in [5, 5.41) is 7.56. The second kappa shape index (κ2) is 6.40. The SMILES string of the molecule is CC(C)(CCCOC1CCCc2ccccc21)C(=N)N. The number of fused-ring (bicyclic) bond motifs is 1. The summed E-state index contributed by atoms with van der Waals surface area (Å²) < 4.78 is 6.07. The Bertz CT molecular complexity index is 468. The number of aryl methyl sites for hydroxylation is 1. The van der Waals surface area contributed by atoms with Crippen LogP contribution < -0.4 is 5.73 Å². The Hall–Kier alpha value is -1.35. The number of hydrogen-bond donors (Lipinski definition) is 2. The van der Waals surface area contributed by atoms with Gasteiger partial charge in [-0.2, -0.15) is 0 Å². The van der Waals surface area contributed by atoms with Gasteiger partial charge >= 0.3 is 0 Å². The van der Waals surface area contributed by atoms with Crippen molar-refractivity contribution >= 4 is 5.84 Å². The molecule has 1 unspecified atom stereocenters. The van der Waals surface area contributed by atoms with Crippen LogP contribution in [0.15, 0.2) is 24.3 Å². The summed E-state index contributed by atoms with van der Waals surface area (Å²) in [4.78, 5) is 0. The van der Waals surface area contributed by atoms with Crippen LogP contribution in [0.5, 0.6) is 0 Å². The molecule has 2 rings (SSSR count). The zero-order valence-electron chi connectivity index (χ0n) is 12.6. The molecule has 1 aromatic carbocycles. The summed E-state index contributed by atoms with van der Waals surface area (Å²) in [6.45, 7) is 4.78. The molecule has 3 N–H and O–H groups in total. The van der Waals surface area contributed by atoms with Crippen LogP contribution in [0.3, 0.4) is 0 Å². The van der Waals surface area contributed by atoms with E-state index in [0.717, 1.165) is 25.9 Å². The van der Waals surface area contributed by atoms with Gasteiger partial charge in [-0.3, -0.25) is 5.41 Å². The van der Waals surface area contributed by atoms with Crippen molar-refractivity contribution < 1.29 is 4.74 Å². The van der Waals surface area contributed by atoms with Gasteiger partial charge in [0.1, 0.15) is 0 Å². The molecule has 20 heavy (non-hydrogen) atoms. The molecule has 3 heteroatoms. The quantitative estimate of drug-likeness (QED) is 0.470. The summed E-state index contributed by atoms with van der Waals surface area (Å²) in [5.41, 5.74) is 8.19. The summed E-state index contributed by atoms with van der Waals surface area (Å²) in [6, 6.07) is 8.61. The van der Waals surface area contributed by atoms with E-state index in [4.69, 9.17) is 15.9 Å². The first kappa shape index (κ1) is 15.0. The lowest BCUT2D eigenvalue weighted by atomic mass is 9.86. The number of hydrogen-bond acceptors (Lipinski definition) is 2. The highest BCUT2D eigenvalue weighted by molar-refractivity contribution is 5.82.